The maximum Gasteiger partial charge on any atom is 0.275 e. The number of imidazole rings is 1. The number of unbranched alkanes of at least 4 members (excludes halogenated alkanes) is 1. The molecule has 0 aromatic carbocycles. The topological polar surface area (TPSA) is 66.5 Å². The van der Waals surface area contributed by atoms with Gasteiger partial charge in [0, 0.05) is 30.4 Å². The lowest BCUT2D eigenvalue weighted by Gasteiger charge is -1.91. The first-order valence-electron chi connectivity index (χ1n) is 7.19. The van der Waals surface area contributed by atoms with Gasteiger partial charge in [-0.05, 0) is 24.6 Å². The Balaban J connectivity index is 2.20. The Morgan fingerprint density at radius 1 is 1.45 bits per heavy atom. The number of nitrogens with one attached hydrogen (secondary N) is 2. The average molecular weight is 317 g/mol. The zero-order valence-electron chi connectivity index (χ0n) is 12.5. The highest BCUT2D eigenvalue weighted by molar-refractivity contribution is 6.31. The zero-order chi connectivity index (χ0) is 15.7. The Morgan fingerprint density at radius 3 is 3.05 bits per heavy atom. The number of H-pyrrole nitrogens is 2. The van der Waals surface area contributed by atoms with Crippen LogP contribution < -0.4 is 16.4 Å². The molecular weight excluding hydrogens is 300 g/mol. The number of fused-ring (bicyclic) bond motifs is 1. The van der Waals surface area contributed by atoms with Gasteiger partial charge in [-0.25, -0.2) is 4.98 Å². The summed E-state index contributed by atoms with van der Waals surface area (Å²) < 4.78 is 1.63. The molecule has 114 valence electrons. The van der Waals surface area contributed by atoms with Crippen LogP contribution in [0.3, 0.4) is 0 Å². The Bertz CT molecular complexity index is 993. The fourth-order valence-electron chi connectivity index (χ4n) is 2.41. The van der Waals surface area contributed by atoms with Gasteiger partial charge in [0.05, 0.1) is 5.02 Å². The van der Waals surface area contributed by atoms with Crippen molar-refractivity contribution in [2.45, 2.75) is 19.8 Å². The molecule has 0 saturated heterocycles. The second-order valence-electron chi connectivity index (χ2n) is 5.22. The molecule has 22 heavy (non-hydrogen) atoms. The number of hydrogen-bond acceptors (Lipinski definition) is 2. The molecular formula is C16H17ClN4O. The van der Waals surface area contributed by atoms with E-state index in [0.29, 0.717) is 10.4 Å². The van der Waals surface area contributed by atoms with Gasteiger partial charge < -0.3 is 9.97 Å². The molecule has 0 aliphatic heterocycles. The predicted octanol–water partition coefficient (Wildman–Crippen LogP) is 1.65. The van der Waals surface area contributed by atoms with Crippen molar-refractivity contribution in [3.05, 3.63) is 50.2 Å². The summed E-state index contributed by atoms with van der Waals surface area (Å²) in [5, 5.41) is 2.01. The number of aromatic amines is 2. The summed E-state index contributed by atoms with van der Waals surface area (Å²) in [6.07, 6.45) is 9.24. The summed E-state index contributed by atoms with van der Waals surface area (Å²) in [5.74, 6) is 0. The largest absolute Gasteiger partial charge is 0.346 e. The van der Waals surface area contributed by atoms with E-state index in [-0.39, 0.29) is 5.56 Å². The van der Waals surface area contributed by atoms with Crippen molar-refractivity contribution >= 4 is 34.8 Å². The molecule has 2 N–H and O–H groups in total. The molecule has 0 fully saturated rings. The molecule has 0 aliphatic rings. The van der Waals surface area contributed by atoms with Gasteiger partial charge in [-0.1, -0.05) is 24.9 Å². The highest BCUT2D eigenvalue weighted by Crippen LogP contribution is 2.20. The van der Waals surface area contributed by atoms with E-state index in [4.69, 9.17) is 11.6 Å². The fourth-order valence-corrected chi connectivity index (χ4v) is 2.56. The van der Waals surface area contributed by atoms with Crippen LogP contribution in [0.15, 0.2) is 23.3 Å². The first-order valence-corrected chi connectivity index (χ1v) is 7.57. The van der Waals surface area contributed by atoms with Crippen molar-refractivity contribution in [3.63, 3.8) is 0 Å². The monoisotopic (exact) mass is 316 g/mol. The van der Waals surface area contributed by atoms with E-state index in [2.05, 4.69) is 21.9 Å². The van der Waals surface area contributed by atoms with E-state index < -0.39 is 0 Å². The van der Waals surface area contributed by atoms with Gasteiger partial charge >= 0.3 is 0 Å². The molecule has 3 heterocycles. The van der Waals surface area contributed by atoms with E-state index in [1.165, 1.54) is 0 Å². The van der Waals surface area contributed by atoms with Crippen LogP contribution >= 0.6 is 11.6 Å². The quantitative estimate of drug-likeness (QED) is 0.771. The van der Waals surface area contributed by atoms with Crippen molar-refractivity contribution in [1.82, 2.24) is 19.5 Å². The van der Waals surface area contributed by atoms with Gasteiger partial charge in [-0.2, -0.15) is 0 Å². The minimum atomic E-state index is -0.0494. The van der Waals surface area contributed by atoms with Crippen LogP contribution in [0.1, 0.15) is 25.3 Å². The van der Waals surface area contributed by atoms with E-state index in [1.54, 1.807) is 17.8 Å². The standard InChI is InChI=1S/C16H17ClN4O/c1-3-4-5-14-20-13(16(22)21(14)2)6-10-8-18-15-12(10)7-11(17)9-19-15/h5-9,20H,3-4H2,1-2H3,(H,18,19). The molecule has 0 amide bonds. The molecule has 0 bridgehead atoms. The fraction of sp³-hybridized carbons (Fsp3) is 0.250. The van der Waals surface area contributed by atoms with Crippen LogP contribution in [0, 0.1) is 0 Å². The van der Waals surface area contributed by atoms with Gasteiger partial charge in [-0.3, -0.25) is 9.36 Å². The lowest BCUT2D eigenvalue weighted by atomic mass is 10.2. The number of nitrogens with zero attached hydrogens (tertiary/aromatic N) is 2. The van der Waals surface area contributed by atoms with Crippen molar-refractivity contribution in [1.29, 1.82) is 0 Å². The smallest absolute Gasteiger partial charge is 0.275 e. The summed E-state index contributed by atoms with van der Waals surface area (Å²) in [5.41, 5.74) is 2.41. The van der Waals surface area contributed by atoms with Crippen LogP contribution in [0.4, 0.5) is 0 Å². The van der Waals surface area contributed by atoms with E-state index in [1.807, 2.05) is 24.4 Å². The third-order valence-corrected chi connectivity index (χ3v) is 3.82. The van der Waals surface area contributed by atoms with Crippen LogP contribution in [-0.2, 0) is 7.05 Å². The average Bonchev–Trinajstić information content (AvgIpc) is 3.02. The SMILES string of the molecule is CCCC=c1[nH]c(=Cc2c[nH]c3ncc(Cl)cc23)c(=O)n1C. The minimum absolute atomic E-state index is 0.0494. The molecule has 0 spiro atoms. The molecule has 5 nitrogen and oxygen atoms in total. The van der Waals surface area contributed by atoms with Crippen molar-refractivity contribution in [2.24, 2.45) is 7.05 Å². The molecule has 0 saturated carbocycles. The molecule has 3 aromatic heterocycles. The van der Waals surface area contributed by atoms with Crippen molar-refractivity contribution in [3.8, 4) is 0 Å². The summed E-state index contributed by atoms with van der Waals surface area (Å²) in [6, 6.07) is 1.84. The van der Waals surface area contributed by atoms with Crippen LogP contribution in [0.2, 0.25) is 5.02 Å². The Labute approximate surface area is 132 Å². The Morgan fingerprint density at radius 2 is 2.27 bits per heavy atom. The Hall–Kier alpha value is -2.27. The third-order valence-electron chi connectivity index (χ3n) is 3.62. The van der Waals surface area contributed by atoms with E-state index >= 15 is 0 Å². The highest BCUT2D eigenvalue weighted by atomic mass is 35.5. The lowest BCUT2D eigenvalue weighted by molar-refractivity contribution is 0.829. The Kier molecular flexibility index (Phi) is 3.90. The number of hydrogen-bond donors (Lipinski definition) is 2. The second-order valence-corrected chi connectivity index (χ2v) is 5.66. The number of pyridine rings is 1. The van der Waals surface area contributed by atoms with Crippen LogP contribution in [0.25, 0.3) is 23.2 Å². The van der Waals surface area contributed by atoms with Crippen LogP contribution in [0.5, 0.6) is 0 Å². The van der Waals surface area contributed by atoms with Gasteiger partial charge in [0.1, 0.15) is 16.5 Å². The predicted molar refractivity (Wildman–Crippen MR) is 89.3 cm³/mol. The van der Waals surface area contributed by atoms with Gasteiger partial charge in [-0.15, -0.1) is 0 Å². The van der Waals surface area contributed by atoms with Gasteiger partial charge in [0.2, 0.25) is 0 Å². The number of rotatable bonds is 3. The normalized spacial score (nSPS) is 13.4. The lowest BCUT2D eigenvalue weighted by Crippen LogP contribution is -2.28. The first-order chi connectivity index (χ1) is 10.6. The summed E-state index contributed by atoms with van der Waals surface area (Å²) in [7, 11) is 1.77. The molecule has 3 rings (SSSR count). The number of aromatic nitrogens is 4. The first kappa shape index (κ1) is 14.7. The van der Waals surface area contributed by atoms with Crippen LogP contribution in [-0.4, -0.2) is 19.5 Å². The molecule has 0 radical (unpaired) electrons. The number of halogens is 1. The van der Waals surface area contributed by atoms with E-state index in [0.717, 1.165) is 34.9 Å². The van der Waals surface area contributed by atoms with Crippen molar-refractivity contribution < 1.29 is 0 Å². The maximum atomic E-state index is 12.3. The van der Waals surface area contributed by atoms with Gasteiger partial charge in [0.15, 0.2) is 0 Å². The second kappa shape index (κ2) is 5.85. The third kappa shape index (κ3) is 2.60. The zero-order valence-corrected chi connectivity index (χ0v) is 13.2. The summed E-state index contributed by atoms with van der Waals surface area (Å²) in [4.78, 5) is 22.8. The molecule has 3 aromatic rings. The molecule has 0 unspecified atom stereocenters. The van der Waals surface area contributed by atoms with Gasteiger partial charge in [0.25, 0.3) is 5.56 Å². The minimum Gasteiger partial charge on any atom is -0.346 e. The van der Waals surface area contributed by atoms with Crippen molar-refractivity contribution in [2.75, 3.05) is 0 Å². The maximum absolute atomic E-state index is 12.3. The summed E-state index contributed by atoms with van der Waals surface area (Å²) >= 11 is 6.00. The molecule has 6 heteroatoms. The summed E-state index contributed by atoms with van der Waals surface area (Å²) in [6.45, 7) is 2.10. The molecule has 0 aliphatic carbocycles. The highest BCUT2D eigenvalue weighted by Gasteiger charge is 2.05. The van der Waals surface area contributed by atoms with E-state index in [9.17, 15) is 4.79 Å². The molecule has 0 atom stereocenters.